The normalized spacial score (nSPS) is 29.7. The lowest BCUT2D eigenvalue weighted by Gasteiger charge is -2.27. The SMILES string of the molecule is C[C@@]1(O)[C@H](O)[C@@H](COP(=O)(O)OP(=O)(O)OP(=O)(O)O)O[C@H]1n1cc2c3c(ncnc31)NOC=C2. The Morgan fingerprint density at radius 2 is 1.89 bits per heavy atom. The van der Waals surface area contributed by atoms with Gasteiger partial charge in [0.15, 0.2) is 12.0 Å². The average Bonchev–Trinajstić information content (AvgIpc) is 3.06. The van der Waals surface area contributed by atoms with Gasteiger partial charge in [0.2, 0.25) is 0 Å². The third-order valence-corrected chi connectivity index (χ3v) is 8.74. The number of aliphatic hydroxyl groups is 2. The summed E-state index contributed by atoms with van der Waals surface area (Å²) in [5.74, 6) is 0.316. The van der Waals surface area contributed by atoms with E-state index < -0.39 is 54.1 Å². The summed E-state index contributed by atoms with van der Waals surface area (Å²) >= 11 is 0. The molecule has 1 saturated heterocycles. The van der Waals surface area contributed by atoms with E-state index >= 15 is 0 Å². The van der Waals surface area contributed by atoms with Crippen LogP contribution in [0.4, 0.5) is 5.82 Å². The quantitative estimate of drug-likeness (QED) is 0.211. The minimum atomic E-state index is -5.72. The maximum atomic E-state index is 12.0. The maximum Gasteiger partial charge on any atom is 0.490 e. The van der Waals surface area contributed by atoms with Gasteiger partial charge in [-0.3, -0.25) is 4.52 Å². The molecule has 0 amide bonds. The van der Waals surface area contributed by atoms with E-state index in [4.69, 9.17) is 19.4 Å². The molecule has 2 aromatic rings. The van der Waals surface area contributed by atoms with Gasteiger partial charge in [-0.1, -0.05) is 0 Å². The zero-order valence-electron chi connectivity index (χ0n) is 17.4. The molecule has 18 nitrogen and oxygen atoms in total. The number of phosphoric ester groups is 1. The topological polar surface area (TPSA) is 261 Å². The number of nitrogens with one attached hydrogen (secondary N) is 1. The van der Waals surface area contributed by atoms with E-state index in [1.165, 1.54) is 30.3 Å². The van der Waals surface area contributed by atoms with E-state index in [0.29, 0.717) is 16.8 Å². The van der Waals surface area contributed by atoms with Crippen molar-refractivity contribution >= 4 is 46.4 Å². The molecule has 194 valence electrons. The molecule has 0 spiro atoms. The van der Waals surface area contributed by atoms with Crippen molar-refractivity contribution < 1.29 is 66.2 Å². The standard InChI is InChI=1S/C14H19N4O14P3/c1-14(20)10(19)8(5-29-34(24,25)32-35(26,27)31-33(21,22)23)30-13(14)18-4-7-2-3-28-17-11-9(7)12(18)16-6-15-11/h2-4,6,8,10,13,19-20H,5H2,1H3,(H,24,25)(H,26,27)(H,15,16,17)(H2,21,22,23)/t8-,10-,13-,14-/m1/s1. The van der Waals surface area contributed by atoms with Crippen molar-refractivity contribution in [2.75, 3.05) is 12.1 Å². The highest BCUT2D eigenvalue weighted by atomic mass is 31.3. The van der Waals surface area contributed by atoms with Gasteiger partial charge >= 0.3 is 23.5 Å². The van der Waals surface area contributed by atoms with E-state index in [9.17, 15) is 33.7 Å². The van der Waals surface area contributed by atoms with Crippen LogP contribution in [-0.4, -0.2) is 68.7 Å². The lowest BCUT2D eigenvalue weighted by molar-refractivity contribution is -0.0947. The summed E-state index contributed by atoms with van der Waals surface area (Å²) < 4.78 is 53.0. The molecule has 2 aliphatic rings. The summed E-state index contributed by atoms with van der Waals surface area (Å²) in [6.45, 7) is 0.267. The highest BCUT2D eigenvalue weighted by molar-refractivity contribution is 7.66. The highest BCUT2D eigenvalue weighted by Crippen LogP contribution is 2.66. The van der Waals surface area contributed by atoms with E-state index in [0.717, 1.165) is 0 Å². The van der Waals surface area contributed by atoms with Gasteiger partial charge in [0.05, 0.1) is 12.0 Å². The van der Waals surface area contributed by atoms with Gasteiger partial charge in [-0.2, -0.15) is 8.62 Å². The summed E-state index contributed by atoms with van der Waals surface area (Å²) in [5, 5.41) is 22.1. The van der Waals surface area contributed by atoms with Gasteiger partial charge in [0.1, 0.15) is 36.0 Å². The molecule has 7 N–H and O–H groups in total. The first-order valence-electron chi connectivity index (χ1n) is 9.38. The first-order chi connectivity index (χ1) is 16.1. The molecule has 0 aliphatic carbocycles. The number of aromatic nitrogens is 3. The van der Waals surface area contributed by atoms with Crippen LogP contribution >= 0.6 is 23.5 Å². The van der Waals surface area contributed by atoms with Crippen molar-refractivity contribution in [1.82, 2.24) is 14.5 Å². The molecule has 0 bridgehead atoms. The predicted molar refractivity (Wildman–Crippen MR) is 112 cm³/mol. The van der Waals surface area contributed by atoms with Crippen LogP contribution in [0.3, 0.4) is 0 Å². The van der Waals surface area contributed by atoms with Crippen LogP contribution in [-0.2, 0) is 36.4 Å². The fourth-order valence-electron chi connectivity index (χ4n) is 3.54. The molecular formula is C14H19N4O14P3. The molecule has 4 heterocycles. The lowest BCUT2D eigenvalue weighted by atomic mass is 9.96. The van der Waals surface area contributed by atoms with Crippen molar-refractivity contribution in [3.05, 3.63) is 24.3 Å². The van der Waals surface area contributed by atoms with Crippen LogP contribution in [0.2, 0.25) is 0 Å². The molecule has 0 saturated carbocycles. The van der Waals surface area contributed by atoms with Gasteiger partial charge in [-0.05, 0) is 13.0 Å². The number of nitrogens with zero attached hydrogens (tertiary/aromatic N) is 3. The van der Waals surface area contributed by atoms with Gasteiger partial charge in [0, 0.05) is 11.8 Å². The predicted octanol–water partition coefficient (Wildman–Crippen LogP) is 0.112. The number of phosphoric acid groups is 3. The lowest BCUT2D eigenvalue weighted by Crippen LogP contribution is -2.44. The monoisotopic (exact) mass is 560 g/mol. The molecule has 0 aromatic carbocycles. The first-order valence-corrected chi connectivity index (χ1v) is 13.9. The van der Waals surface area contributed by atoms with Crippen LogP contribution in [0, 0.1) is 0 Å². The van der Waals surface area contributed by atoms with Crippen molar-refractivity contribution in [3.63, 3.8) is 0 Å². The van der Waals surface area contributed by atoms with Crippen molar-refractivity contribution in [2.24, 2.45) is 0 Å². The minimum absolute atomic E-state index is 0.277. The van der Waals surface area contributed by atoms with Crippen LogP contribution in [0.5, 0.6) is 0 Å². The minimum Gasteiger partial charge on any atom is -0.388 e. The number of rotatable bonds is 8. The Hall–Kier alpha value is -1.75. The molecule has 2 aromatic heterocycles. The maximum absolute atomic E-state index is 12.0. The second kappa shape index (κ2) is 8.97. The Balaban J connectivity index is 1.54. The second-order valence-corrected chi connectivity index (χ2v) is 11.9. The molecular weight excluding hydrogens is 541 g/mol. The van der Waals surface area contributed by atoms with Crippen molar-refractivity contribution in [2.45, 2.75) is 31.0 Å². The average molecular weight is 560 g/mol. The number of hydrogen-bond donors (Lipinski definition) is 7. The van der Waals surface area contributed by atoms with Gasteiger partial charge in [0.25, 0.3) is 0 Å². The van der Waals surface area contributed by atoms with Crippen molar-refractivity contribution in [1.29, 1.82) is 0 Å². The van der Waals surface area contributed by atoms with Gasteiger partial charge in [-0.25, -0.2) is 29.1 Å². The van der Waals surface area contributed by atoms with Crippen LogP contribution in [0.15, 0.2) is 18.8 Å². The Morgan fingerprint density at radius 1 is 1.17 bits per heavy atom. The fourth-order valence-corrected chi connectivity index (χ4v) is 6.57. The summed E-state index contributed by atoms with van der Waals surface area (Å²) in [5.41, 5.74) is 1.45. The molecule has 1 fully saturated rings. The van der Waals surface area contributed by atoms with Crippen molar-refractivity contribution in [3.8, 4) is 0 Å². The number of anilines is 1. The first kappa shape index (κ1) is 26.3. The molecule has 0 radical (unpaired) electrons. The summed E-state index contributed by atoms with van der Waals surface area (Å²) in [4.78, 5) is 49.3. The number of ether oxygens (including phenoxy) is 1. The number of aliphatic hydroxyl groups excluding tert-OH is 1. The third-order valence-electron chi connectivity index (χ3n) is 4.94. The van der Waals surface area contributed by atoms with E-state index in [1.54, 1.807) is 6.08 Å². The summed E-state index contributed by atoms with van der Waals surface area (Å²) in [6, 6.07) is 0. The van der Waals surface area contributed by atoms with E-state index in [-0.39, 0.29) is 5.65 Å². The highest BCUT2D eigenvalue weighted by Gasteiger charge is 2.54. The van der Waals surface area contributed by atoms with Gasteiger partial charge < -0.3 is 43.9 Å². The molecule has 35 heavy (non-hydrogen) atoms. The van der Waals surface area contributed by atoms with Crippen LogP contribution < -0.4 is 5.48 Å². The Bertz CT molecular complexity index is 1310. The Labute approximate surface area is 195 Å². The molecule has 4 rings (SSSR count). The molecule has 2 aliphatic heterocycles. The summed E-state index contributed by atoms with van der Waals surface area (Å²) in [7, 11) is -16.8. The van der Waals surface area contributed by atoms with E-state index in [2.05, 4.69) is 28.6 Å². The largest absolute Gasteiger partial charge is 0.490 e. The molecule has 2 unspecified atom stereocenters. The third kappa shape index (κ3) is 5.50. The van der Waals surface area contributed by atoms with E-state index in [1.807, 2.05) is 0 Å². The Kier molecular flexibility index (Phi) is 6.75. The number of hydrogen-bond acceptors (Lipinski definition) is 13. The molecule has 21 heteroatoms. The smallest absolute Gasteiger partial charge is 0.388 e. The van der Waals surface area contributed by atoms with Crippen LogP contribution in [0.1, 0.15) is 18.7 Å². The second-order valence-electron chi connectivity index (χ2n) is 7.52. The fraction of sp³-hybridized carbons (Fsp3) is 0.429. The zero-order valence-corrected chi connectivity index (χ0v) is 20.1. The van der Waals surface area contributed by atoms with Crippen LogP contribution in [0.25, 0.3) is 17.1 Å². The Morgan fingerprint density at radius 3 is 2.57 bits per heavy atom. The van der Waals surface area contributed by atoms with Gasteiger partial charge in [-0.15, -0.1) is 0 Å². The zero-order chi connectivity index (χ0) is 25.8. The summed E-state index contributed by atoms with van der Waals surface area (Å²) in [6.07, 6.45) is 1.17. The molecule has 6 atom stereocenters.